The van der Waals surface area contributed by atoms with Gasteiger partial charge in [-0.2, -0.15) is 0 Å². The van der Waals surface area contributed by atoms with Gasteiger partial charge in [0.25, 0.3) is 0 Å². The van der Waals surface area contributed by atoms with Gasteiger partial charge < -0.3 is 15.0 Å². The number of carbonyl (C=O) groups excluding carboxylic acids is 2. The lowest BCUT2D eigenvalue weighted by Gasteiger charge is -2.22. The van der Waals surface area contributed by atoms with E-state index >= 15 is 0 Å². The van der Waals surface area contributed by atoms with Gasteiger partial charge in [0.05, 0.1) is 0 Å². The van der Waals surface area contributed by atoms with Gasteiger partial charge in [-0.1, -0.05) is 18.5 Å². The predicted molar refractivity (Wildman–Crippen MR) is 97.0 cm³/mol. The summed E-state index contributed by atoms with van der Waals surface area (Å²) in [5.74, 6) is -0.101. The van der Waals surface area contributed by atoms with E-state index in [0.29, 0.717) is 17.3 Å². The minimum atomic E-state index is -0.504. The molecule has 1 aliphatic heterocycles. The fourth-order valence-electron chi connectivity index (χ4n) is 2.87. The van der Waals surface area contributed by atoms with Crippen LogP contribution in [0.4, 0.5) is 4.79 Å². The highest BCUT2D eigenvalue weighted by molar-refractivity contribution is 6.29. The van der Waals surface area contributed by atoms with E-state index in [-0.39, 0.29) is 17.7 Å². The Morgan fingerprint density at radius 2 is 2.16 bits per heavy atom. The molecule has 0 aromatic carbocycles. The van der Waals surface area contributed by atoms with Crippen LogP contribution >= 0.6 is 11.6 Å². The van der Waals surface area contributed by atoms with E-state index in [0.717, 1.165) is 19.5 Å². The SMILES string of the molecule is C[C@@H](CN1CC[C@H](NC(=O)OC(C)(C)C)C1)C(=O)c1ccc(Cl)nc1. The van der Waals surface area contributed by atoms with Gasteiger partial charge in [-0.15, -0.1) is 0 Å². The van der Waals surface area contributed by atoms with Crippen LogP contribution in [0.5, 0.6) is 0 Å². The molecule has 1 fully saturated rings. The van der Waals surface area contributed by atoms with E-state index in [1.165, 1.54) is 6.20 Å². The number of aromatic nitrogens is 1. The van der Waals surface area contributed by atoms with Crippen LogP contribution in [0.3, 0.4) is 0 Å². The molecule has 1 saturated heterocycles. The van der Waals surface area contributed by atoms with Crippen molar-refractivity contribution in [2.75, 3.05) is 19.6 Å². The lowest BCUT2D eigenvalue weighted by molar-refractivity contribution is 0.0504. The monoisotopic (exact) mass is 367 g/mol. The van der Waals surface area contributed by atoms with E-state index in [4.69, 9.17) is 16.3 Å². The standard InChI is InChI=1S/C18H26ClN3O3/c1-12(16(23)13-5-6-15(19)20-9-13)10-22-8-7-14(11-22)21-17(24)25-18(2,3)4/h5-6,9,12,14H,7-8,10-11H2,1-4H3,(H,21,24)/t12-,14-/m0/s1. The quantitative estimate of drug-likeness (QED) is 0.639. The molecular weight excluding hydrogens is 342 g/mol. The van der Waals surface area contributed by atoms with Crippen LogP contribution in [0.1, 0.15) is 44.5 Å². The van der Waals surface area contributed by atoms with E-state index in [9.17, 15) is 9.59 Å². The number of rotatable bonds is 5. The maximum atomic E-state index is 12.5. The first kappa shape index (κ1) is 19.7. The zero-order valence-corrected chi connectivity index (χ0v) is 16.0. The summed E-state index contributed by atoms with van der Waals surface area (Å²) in [6.07, 6.45) is 1.97. The van der Waals surface area contributed by atoms with Crippen LogP contribution in [0.2, 0.25) is 5.15 Å². The molecule has 1 aromatic rings. The maximum Gasteiger partial charge on any atom is 0.407 e. The molecule has 2 rings (SSSR count). The number of amides is 1. The molecule has 138 valence electrons. The van der Waals surface area contributed by atoms with Crippen molar-refractivity contribution >= 4 is 23.5 Å². The summed E-state index contributed by atoms with van der Waals surface area (Å²) in [5, 5.41) is 3.27. The largest absolute Gasteiger partial charge is 0.444 e. The van der Waals surface area contributed by atoms with Crippen molar-refractivity contribution in [3.8, 4) is 0 Å². The summed E-state index contributed by atoms with van der Waals surface area (Å²) in [5.41, 5.74) is 0.0650. The number of likely N-dealkylation sites (tertiary alicyclic amines) is 1. The Labute approximate surface area is 153 Å². The van der Waals surface area contributed by atoms with Crippen LogP contribution < -0.4 is 5.32 Å². The van der Waals surface area contributed by atoms with Gasteiger partial charge in [0.15, 0.2) is 5.78 Å². The topological polar surface area (TPSA) is 71.5 Å². The van der Waals surface area contributed by atoms with Gasteiger partial charge in [-0.25, -0.2) is 9.78 Å². The van der Waals surface area contributed by atoms with Crippen molar-refractivity contribution in [3.63, 3.8) is 0 Å². The normalized spacial score (nSPS) is 19.5. The van der Waals surface area contributed by atoms with Gasteiger partial charge in [-0.3, -0.25) is 4.79 Å². The molecule has 7 heteroatoms. The Hall–Kier alpha value is -1.66. The minimum absolute atomic E-state index is 0.0488. The number of nitrogens with zero attached hydrogens (tertiary/aromatic N) is 2. The molecule has 2 atom stereocenters. The number of nitrogens with one attached hydrogen (secondary N) is 1. The van der Waals surface area contributed by atoms with Crippen molar-refractivity contribution in [2.45, 2.75) is 45.8 Å². The van der Waals surface area contributed by atoms with Crippen LogP contribution in [-0.2, 0) is 4.74 Å². The molecule has 1 amide bonds. The molecule has 1 N–H and O–H groups in total. The van der Waals surface area contributed by atoms with Crippen molar-refractivity contribution < 1.29 is 14.3 Å². The van der Waals surface area contributed by atoms with Crippen molar-refractivity contribution in [1.82, 2.24) is 15.2 Å². The summed E-state index contributed by atoms with van der Waals surface area (Å²) >= 11 is 5.76. The number of hydrogen-bond donors (Lipinski definition) is 1. The molecule has 0 bridgehead atoms. The third kappa shape index (κ3) is 6.29. The first-order chi connectivity index (χ1) is 11.6. The van der Waals surface area contributed by atoms with Gasteiger partial charge in [-0.05, 0) is 39.3 Å². The third-order valence-electron chi connectivity index (χ3n) is 3.98. The molecule has 6 nitrogen and oxygen atoms in total. The fraction of sp³-hybridized carbons (Fsp3) is 0.611. The second-order valence-corrected chi connectivity index (χ2v) is 7.91. The maximum absolute atomic E-state index is 12.5. The summed E-state index contributed by atoms with van der Waals surface area (Å²) in [6.45, 7) is 9.64. The number of pyridine rings is 1. The van der Waals surface area contributed by atoms with Crippen LogP contribution in [0, 0.1) is 5.92 Å². The summed E-state index contributed by atoms with van der Waals surface area (Å²) < 4.78 is 5.28. The highest BCUT2D eigenvalue weighted by atomic mass is 35.5. The average Bonchev–Trinajstić information content (AvgIpc) is 2.92. The summed E-state index contributed by atoms with van der Waals surface area (Å²) in [4.78, 5) is 30.4. The molecule has 2 heterocycles. The van der Waals surface area contributed by atoms with E-state index in [1.807, 2.05) is 27.7 Å². The molecule has 0 aliphatic carbocycles. The Bertz CT molecular complexity index is 613. The highest BCUT2D eigenvalue weighted by Gasteiger charge is 2.28. The van der Waals surface area contributed by atoms with Crippen molar-refractivity contribution in [1.29, 1.82) is 0 Å². The zero-order chi connectivity index (χ0) is 18.6. The molecule has 0 spiro atoms. The number of ether oxygens (including phenoxy) is 1. The number of ketones is 1. The number of halogens is 1. The summed E-state index contributed by atoms with van der Waals surface area (Å²) in [7, 11) is 0. The van der Waals surface area contributed by atoms with E-state index in [2.05, 4.69) is 15.2 Å². The minimum Gasteiger partial charge on any atom is -0.444 e. The average molecular weight is 368 g/mol. The lowest BCUT2D eigenvalue weighted by atomic mass is 10.0. The molecule has 1 aliphatic rings. The van der Waals surface area contributed by atoms with Gasteiger partial charge >= 0.3 is 6.09 Å². The van der Waals surface area contributed by atoms with Gasteiger partial charge in [0.1, 0.15) is 10.8 Å². The van der Waals surface area contributed by atoms with Gasteiger partial charge in [0, 0.05) is 43.4 Å². The van der Waals surface area contributed by atoms with E-state index < -0.39 is 11.7 Å². The van der Waals surface area contributed by atoms with Crippen LogP contribution in [-0.4, -0.2) is 53.0 Å². The number of hydrogen-bond acceptors (Lipinski definition) is 5. The molecule has 0 unspecified atom stereocenters. The highest BCUT2D eigenvalue weighted by Crippen LogP contribution is 2.16. The van der Waals surface area contributed by atoms with Crippen LogP contribution in [0.25, 0.3) is 0 Å². The van der Waals surface area contributed by atoms with Crippen molar-refractivity contribution in [3.05, 3.63) is 29.0 Å². The Kier molecular flexibility index (Phi) is 6.41. The van der Waals surface area contributed by atoms with Gasteiger partial charge in [0.2, 0.25) is 0 Å². The van der Waals surface area contributed by atoms with E-state index in [1.54, 1.807) is 12.1 Å². The Balaban J connectivity index is 1.81. The fourth-order valence-corrected chi connectivity index (χ4v) is 2.98. The smallest absolute Gasteiger partial charge is 0.407 e. The molecular formula is C18H26ClN3O3. The Morgan fingerprint density at radius 3 is 2.76 bits per heavy atom. The Morgan fingerprint density at radius 1 is 1.44 bits per heavy atom. The van der Waals surface area contributed by atoms with Crippen molar-refractivity contribution in [2.24, 2.45) is 5.92 Å². The second kappa shape index (κ2) is 8.15. The second-order valence-electron chi connectivity index (χ2n) is 7.53. The summed E-state index contributed by atoms with van der Waals surface area (Å²) in [6, 6.07) is 3.37. The van der Waals surface area contributed by atoms with Crippen LogP contribution in [0.15, 0.2) is 18.3 Å². The zero-order valence-electron chi connectivity index (χ0n) is 15.2. The first-order valence-electron chi connectivity index (χ1n) is 8.51. The third-order valence-corrected chi connectivity index (χ3v) is 4.21. The number of carbonyl (C=O) groups is 2. The molecule has 0 saturated carbocycles. The predicted octanol–water partition coefficient (Wildman–Crippen LogP) is 3.15. The number of alkyl carbamates (subject to hydrolysis) is 1. The lowest BCUT2D eigenvalue weighted by Crippen LogP contribution is -2.41. The first-order valence-corrected chi connectivity index (χ1v) is 8.89. The molecule has 1 aromatic heterocycles. The molecule has 0 radical (unpaired) electrons. The number of Topliss-reactive ketones (excluding diaryl/α,β-unsaturated/α-hetero) is 1. The molecule has 25 heavy (non-hydrogen) atoms.